The SMILES string of the molecule is COc1ccc(-c2csc3c(=O)[nH]c(N4CCCC(C(=O)O)C4)nc23)cc1OC. The van der Waals surface area contributed by atoms with E-state index in [1.807, 2.05) is 28.5 Å². The van der Waals surface area contributed by atoms with Crippen LogP contribution in [0.15, 0.2) is 28.4 Å². The highest BCUT2D eigenvalue weighted by Gasteiger charge is 2.27. The number of fused-ring (bicyclic) bond motifs is 1. The molecule has 2 aromatic heterocycles. The monoisotopic (exact) mass is 415 g/mol. The summed E-state index contributed by atoms with van der Waals surface area (Å²) in [6, 6.07) is 5.56. The number of carboxylic acid groups (broad SMARTS) is 1. The van der Waals surface area contributed by atoms with Gasteiger partial charge in [-0.2, -0.15) is 0 Å². The molecule has 0 bridgehead atoms. The van der Waals surface area contributed by atoms with Crippen molar-refractivity contribution in [1.82, 2.24) is 9.97 Å². The minimum Gasteiger partial charge on any atom is -0.493 e. The second-order valence-corrected chi connectivity index (χ2v) is 7.79. The first kappa shape index (κ1) is 19.3. The van der Waals surface area contributed by atoms with Crippen LogP contribution >= 0.6 is 11.3 Å². The van der Waals surface area contributed by atoms with Gasteiger partial charge in [0.2, 0.25) is 5.95 Å². The molecule has 8 nitrogen and oxygen atoms in total. The summed E-state index contributed by atoms with van der Waals surface area (Å²) in [5.41, 5.74) is 2.06. The first-order valence-electron chi connectivity index (χ1n) is 9.23. The maximum Gasteiger partial charge on any atom is 0.308 e. The standard InChI is InChI=1S/C20H21N3O5S/c1-27-14-6-5-11(8-15(14)28-2)13-10-29-17-16(13)21-20(22-18(17)24)23-7-3-4-12(9-23)19(25)26/h5-6,8,10,12H,3-4,7,9H2,1-2H3,(H,25,26)(H,21,22,24). The van der Waals surface area contributed by atoms with Crippen LogP contribution in [-0.4, -0.2) is 48.4 Å². The summed E-state index contributed by atoms with van der Waals surface area (Å²) in [6.45, 7) is 0.994. The summed E-state index contributed by atoms with van der Waals surface area (Å²) in [5.74, 6) is 0.343. The van der Waals surface area contributed by atoms with Gasteiger partial charge in [-0.3, -0.25) is 14.6 Å². The van der Waals surface area contributed by atoms with E-state index < -0.39 is 11.9 Å². The number of nitrogens with one attached hydrogen (secondary N) is 1. The van der Waals surface area contributed by atoms with Gasteiger partial charge in [-0.05, 0) is 30.5 Å². The third-order valence-electron chi connectivity index (χ3n) is 5.18. The van der Waals surface area contributed by atoms with Gasteiger partial charge in [0, 0.05) is 24.0 Å². The molecule has 0 saturated carbocycles. The highest BCUT2D eigenvalue weighted by molar-refractivity contribution is 7.17. The molecule has 0 aliphatic carbocycles. The van der Waals surface area contributed by atoms with E-state index in [1.165, 1.54) is 11.3 Å². The second-order valence-electron chi connectivity index (χ2n) is 6.91. The Morgan fingerprint density at radius 1 is 1.31 bits per heavy atom. The van der Waals surface area contributed by atoms with Gasteiger partial charge < -0.3 is 19.5 Å². The van der Waals surface area contributed by atoms with Crippen molar-refractivity contribution in [2.45, 2.75) is 12.8 Å². The van der Waals surface area contributed by atoms with Gasteiger partial charge in [0.1, 0.15) is 4.70 Å². The number of aromatic nitrogens is 2. The summed E-state index contributed by atoms with van der Waals surface area (Å²) in [4.78, 5) is 33.4. The third-order valence-corrected chi connectivity index (χ3v) is 6.15. The molecule has 3 heterocycles. The lowest BCUT2D eigenvalue weighted by Crippen LogP contribution is -2.40. The second kappa shape index (κ2) is 7.75. The number of carboxylic acids is 1. The number of benzene rings is 1. The van der Waals surface area contributed by atoms with Crippen molar-refractivity contribution in [3.05, 3.63) is 33.9 Å². The average molecular weight is 415 g/mol. The third kappa shape index (κ3) is 3.53. The zero-order valence-electron chi connectivity index (χ0n) is 16.1. The van der Waals surface area contributed by atoms with E-state index in [0.29, 0.717) is 47.2 Å². The fourth-order valence-corrected chi connectivity index (χ4v) is 4.55. The van der Waals surface area contributed by atoms with Crippen molar-refractivity contribution in [2.24, 2.45) is 5.92 Å². The van der Waals surface area contributed by atoms with Gasteiger partial charge in [-0.25, -0.2) is 4.98 Å². The van der Waals surface area contributed by atoms with E-state index in [9.17, 15) is 14.7 Å². The summed E-state index contributed by atoms with van der Waals surface area (Å²) in [5, 5.41) is 11.2. The van der Waals surface area contributed by atoms with Gasteiger partial charge in [0.25, 0.3) is 5.56 Å². The molecular weight excluding hydrogens is 394 g/mol. The van der Waals surface area contributed by atoms with Crippen LogP contribution in [0, 0.1) is 5.92 Å². The summed E-state index contributed by atoms with van der Waals surface area (Å²) in [6.07, 6.45) is 1.37. The molecule has 1 aliphatic heterocycles. The minimum atomic E-state index is -0.820. The lowest BCUT2D eigenvalue weighted by Gasteiger charge is -2.31. The Labute approximate surface area is 170 Å². The molecule has 152 valence electrons. The Morgan fingerprint density at radius 2 is 2.10 bits per heavy atom. The molecule has 3 aromatic rings. The number of nitrogens with zero attached hydrogens (tertiary/aromatic N) is 2. The number of hydrogen-bond acceptors (Lipinski definition) is 7. The predicted molar refractivity (Wildman–Crippen MR) is 111 cm³/mol. The molecular formula is C20H21N3O5S. The number of piperidine rings is 1. The van der Waals surface area contributed by atoms with E-state index in [-0.39, 0.29) is 5.56 Å². The number of carbonyl (C=O) groups is 1. The fraction of sp³-hybridized carbons (Fsp3) is 0.350. The molecule has 2 N–H and O–H groups in total. The van der Waals surface area contributed by atoms with Gasteiger partial charge >= 0.3 is 5.97 Å². The highest BCUT2D eigenvalue weighted by Crippen LogP contribution is 2.37. The molecule has 4 rings (SSSR count). The molecule has 0 radical (unpaired) electrons. The Bertz CT molecular complexity index is 1120. The van der Waals surface area contributed by atoms with Crippen molar-refractivity contribution in [1.29, 1.82) is 0 Å². The largest absolute Gasteiger partial charge is 0.493 e. The highest BCUT2D eigenvalue weighted by atomic mass is 32.1. The van der Waals surface area contributed by atoms with Crippen LogP contribution in [0.2, 0.25) is 0 Å². The van der Waals surface area contributed by atoms with Crippen molar-refractivity contribution in [2.75, 3.05) is 32.2 Å². The molecule has 1 aliphatic rings. The summed E-state index contributed by atoms with van der Waals surface area (Å²) >= 11 is 1.33. The van der Waals surface area contributed by atoms with Crippen LogP contribution in [0.25, 0.3) is 21.3 Å². The van der Waals surface area contributed by atoms with Crippen LogP contribution in [0.5, 0.6) is 11.5 Å². The molecule has 1 aromatic carbocycles. The molecule has 0 spiro atoms. The molecule has 0 amide bonds. The summed E-state index contributed by atoms with van der Waals surface area (Å²) in [7, 11) is 3.15. The Hall–Kier alpha value is -3.07. The average Bonchev–Trinajstić information content (AvgIpc) is 3.18. The Morgan fingerprint density at radius 3 is 2.83 bits per heavy atom. The maximum absolute atomic E-state index is 12.7. The fourth-order valence-electron chi connectivity index (χ4n) is 3.65. The van der Waals surface area contributed by atoms with Crippen LogP contribution in [0.4, 0.5) is 5.95 Å². The Balaban J connectivity index is 1.78. The van der Waals surface area contributed by atoms with E-state index in [1.54, 1.807) is 14.2 Å². The van der Waals surface area contributed by atoms with Crippen molar-refractivity contribution < 1.29 is 19.4 Å². The molecule has 1 saturated heterocycles. The normalized spacial score (nSPS) is 16.8. The van der Waals surface area contributed by atoms with E-state index in [4.69, 9.17) is 14.5 Å². The van der Waals surface area contributed by atoms with Crippen LogP contribution in [0.3, 0.4) is 0 Å². The van der Waals surface area contributed by atoms with Crippen molar-refractivity contribution in [3.8, 4) is 22.6 Å². The Kier molecular flexibility index (Phi) is 5.14. The first-order valence-corrected chi connectivity index (χ1v) is 10.1. The molecule has 1 atom stereocenters. The first-order chi connectivity index (χ1) is 14.0. The molecule has 1 fully saturated rings. The van der Waals surface area contributed by atoms with Gasteiger partial charge in [0.05, 0.1) is 25.7 Å². The zero-order chi connectivity index (χ0) is 20.5. The predicted octanol–water partition coefficient (Wildman–Crippen LogP) is 2.97. The van der Waals surface area contributed by atoms with Gasteiger partial charge in [0.15, 0.2) is 11.5 Å². The minimum absolute atomic E-state index is 0.223. The smallest absolute Gasteiger partial charge is 0.308 e. The topological polar surface area (TPSA) is 105 Å². The van der Waals surface area contributed by atoms with Crippen LogP contribution in [0.1, 0.15) is 12.8 Å². The maximum atomic E-state index is 12.7. The summed E-state index contributed by atoms with van der Waals surface area (Å²) < 4.78 is 11.2. The lowest BCUT2D eigenvalue weighted by atomic mass is 9.99. The van der Waals surface area contributed by atoms with Crippen molar-refractivity contribution in [3.63, 3.8) is 0 Å². The number of hydrogen-bond donors (Lipinski definition) is 2. The number of aromatic amines is 1. The molecule has 9 heteroatoms. The zero-order valence-corrected chi connectivity index (χ0v) is 16.9. The molecule has 1 unspecified atom stereocenters. The van der Waals surface area contributed by atoms with E-state index in [0.717, 1.165) is 17.5 Å². The number of ether oxygens (including phenoxy) is 2. The van der Waals surface area contributed by atoms with E-state index >= 15 is 0 Å². The quantitative estimate of drug-likeness (QED) is 0.660. The number of aliphatic carboxylic acids is 1. The number of anilines is 1. The number of H-pyrrole nitrogens is 1. The number of methoxy groups -OCH3 is 2. The number of thiophene rings is 1. The van der Waals surface area contributed by atoms with Crippen molar-refractivity contribution >= 4 is 33.5 Å². The van der Waals surface area contributed by atoms with Gasteiger partial charge in [-0.1, -0.05) is 6.07 Å². The van der Waals surface area contributed by atoms with E-state index in [2.05, 4.69) is 4.98 Å². The van der Waals surface area contributed by atoms with Gasteiger partial charge in [-0.15, -0.1) is 11.3 Å². The lowest BCUT2D eigenvalue weighted by molar-refractivity contribution is -0.141. The molecule has 29 heavy (non-hydrogen) atoms. The van der Waals surface area contributed by atoms with Crippen LogP contribution in [-0.2, 0) is 4.79 Å². The van der Waals surface area contributed by atoms with Crippen LogP contribution < -0.4 is 19.9 Å². The number of rotatable bonds is 5.